The van der Waals surface area contributed by atoms with Crippen molar-refractivity contribution in [3.63, 3.8) is 0 Å². The first-order chi connectivity index (χ1) is 12.1. The average molecular weight is 339 g/mol. The van der Waals surface area contributed by atoms with Gasteiger partial charge in [-0.15, -0.1) is 0 Å². The zero-order chi connectivity index (χ0) is 17.6. The number of esters is 1. The smallest absolute Gasteiger partial charge is 0.405 e. The summed E-state index contributed by atoms with van der Waals surface area (Å²) in [5.41, 5.74) is 2.08. The molecule has 0 aliphatic carbocycles. The monoisotopic (exact) mass is 339 g/mol. The molecule has 0 aromatic heterocycles. The second kappa shape index (κ2) is 7.83. The number of cyclic esters (lactones) is 1. The number of benzene rings is 2. The highest BCUT2D eigenvalue weighted by molar-refractivity contribution is 5.75. The summed E-state index contributed by atoms with van der Waals surface area (Å²) in [6.07, 6.45) is 0.0664. The topological polar surface area (TPSA) is 75.6 Å². The molecule has 5 heteroatoms. The van der Waals surface area contributed by atoms with Crippen LogP contribution in [0.5, 0.6) is 0 Å². The van der Waals surface area contributed by atoms with E-state index in [9.17, 15) is 9.59 Å². The van der Waals surface area contributed by atoms with E-state index in [1.165, 1.54) is 0 Å². The zero-order valence-corrected chi connectivity index (χ0v) is 13.8. The lowest BCUT2D eigenvalue weighted by Gasteiger charge is -2.22. The van der Waals surface area contributed by atoms with Gasteiger partial charge in [-0.3, -0.25) is 4.79 Å². The van der Waals surface area contributed by atoms with Gasteiger partial charge in [0.05, 0.1) is 12.0 Å². The summed E-state index contributed by atoms with van der Waals surface area (Å²) in [7, 11) is 0. The summed E-state index contributed by atoms with van der Waals surface area (Å²) in [6, 6.07) is 18.9. The quantitative estimate of drug-likeness (QED) is 0.793. The van der Waals surface area contributed by atoms with Crippen LogP contribution in [0.25, 0.3) is 0 Å². The van der Waals surface area contributed by atoms with E-state index in [1.807, 2.05) is 60.7 Å². The normalized spacial score (nSPS) is 20.7. The highest BCUT2D eigenvalue weighted by Gasteiger charge is 2.39. The summed E-state index contributed by atoms with van der Waals surface area (Å²) in [5, 5.41) is 11.7. The van der Waals surface area contributed by atoms with Crippen LogP contribution in [0.3, 0.4) is 0 Å². The Kier molecular flexibility index (Phi) is 5.33. The third-order valence-electron chi connectivity index (χ3n) is 4.50. The van der Waals surface area contributed by atoms with Gasteiger partial charge in [0, 0.05) is 6.42 Å². The van der Waals surface area contributed by atoms with Crippen LogP contribution in [0.2, 0.25) is 0 Å². The van der Waals surface area contributed by atoms with Gasteiger partial charge in [-0.25, -0.2) is 4.79 Å². The summed E-state index contributed by atoms with van der Waals surface area (Å²) in [5.74, 6) is -0.486. The molecule has 1 aliphatic rings. The molecule has 130 valence electrons. The molecule has 1 amide bonds. The Morgan fingerprint density at radius 3 is 2.28 bits per heavy atom. The van der Waals surface area contributed by atoms with Crippen molar-refractivity contribution in [1.29, 1.82) is 0 Å². The summed E-state index contributed by atoms with van der Waals surface area (Å²) >= 11 is 0. The number of amides is 1. The first-order valence-corrected chi connectivity index (χ1v) is 8.39. The third kappa shape index (κ3) is 4.59. The van der Waals surface area contributed by atoms with Gasteiger partial charge in [-0.05, 0) is 24.0 Å². The molecular weight excluding hydrogens is 318 g/mol. The molecule has 2 unspecified atom stereocenters. The van der Waals surface area contributed by atoms with Crippen molar-refractivity contribution < 1.29 is 19.4 Å². The van der Waals surface area contributed by atoms with E-state index < -0.39 is 18.2 Å². The maximum absolute atomic E-state index is 12.2. The molecular formula is C20H21NO4. The molecule has 3 atom stereocenters. The maximum Gasteiger partial charge on any atom is 0.405 e. The lowest BCUT2D eigenvalue weighted by molar-refractivity contribution is -0.145. The minimum Gasteiger partial charge on any atom is -0.465 e. The van der Waals surface area contributed by atoms with Crippen LogP contribution in [0.4, 0.5) is 4.79 Å². The predicted molar refractivity (Wildman–Crippen MR) is 93.2 cm³/mol. The van der Waals surface area contributed by atoms with E-state index in [-0.39, 0.29) is 11.9 Å². The van der Waals surface area contributed by atoms with Gasteiger partial charge in [-0.1, -0.05) is 60.7 Å². The highest BCUT2D eigenvalue weighted by Crippen LogP contribution is 2.28. The van der Waals surface area contributed by atoms with Crippen molar-refractivity contribution >= 4 is 12.1 Å². The number of rotatable bonds is 6. The Hall–Kier alpha value is -2.82. The van der Waals surface area contributed by atoms with Crippen LogP contribution in [-0.2, 0) is 22.4 Å². The summed E-state index contributed by atoms with van der Waals surface area (Å²) in [4.78, 5) is 23.4. The Labute approximate surface area is 146 Å². The van der Waals surface area contributed by atoms with Crippen LogP contribution in [0.15, 0.2) is 60.7 Å². The first kappa shape index (κ1) is 17.0. The fraction of sp³-hybridized carbons (Fsp3) is 0.300. The van der Waals surface area contributed by atoms with Crippen molar-refractivity contribution in [2.24, 2.45) is 5.92 Å². The fourth-order valence-electron chi connectivity index (χ4n) is 3.28. The number of hydrogen-bond donors (Lipinski definition) is 2. The maximum atomic E-state index is 12.2. The van der Waals surface area contributed by atoms with E-state index >= 15 is 0 Å². The second-order valence-electron chi connectivity index (χ2n) is 6.34. The number of nitrogens with one attached hydrogen (secondary N) is 1. The van der Waals surface area contributed by atoms with Crippen molar-refractivity contribution in [2.45, 2.75) is 31.4 Å². The summed E-state index contributed by atoms with van der Waals surface area (Å²) in [6.45, 7) is 0. The van der Waals surface area contributed by atoms with Crippen molar-refractivity contribution in [3.05, 3.63) is 71.8 Å². The van der Waals surface area contributed by atoms with Crippen molar-refractivity contribution in [3.8, 4) is 0 Å². The van der Waals surface area contributed by atoms with Gasteiger partial charge < -0.3 is 15.2 Å². The SMILES string of the molecule is O=C(O)N[C@@H](Cc1ccccc1)C1CC(Cc2ccccc2)C(=O)O1. The molecule has 1 fully saturated rings. The van der Waals surface area contributed by atoms with Gasteiger partial charge in [0.25, 0.3) is 0 Å². The number of hydrogen-bond acceptors (Lipinski definition) is 3. The fourth-order valence-corrected chi connectivity index (χ4v) is 3.28. The number of carboxylic acid groups (broad SMARTS) is 1. The molecule has 5 nitrogen and oxygen atoms in total. The second-order valence-corrected chi connectivity index (χ2v) is 6.34. The molecule has 1 aliphatic heterocycles. The Morgan fingerprint density at radius 2 is 1.68 bits per heavy atom. The molecule has 0 radical (unpaired) electrons. The van der Waals surface area contributed by atoms with Gasteiger partial charge in [0.1, 0.15) is 6.10 Å². The zero-order valence-electron chi connectivity index (χ0n) is 13.8. The van der Waals surface area contributed by atoms with Crippen LogP contribution >= 0.6 is 0 Å². The van der Waals surface area contributed by atoms with E-state index in [0.717, 1.165) is 11.1 Å². The minimum absolute atomic E-state index is 0.235. The molecule has 0 saturated carbocycles. The van der Waals surface area contributed by atoms with E-state index in [4.69, 9.17) is 9.84 Å². The standard InChI is InChI=1S/C20H21NO4/c22-19-16(11-14-7-3-1-4-8-14)13-18(25-19)17(21-20(23)24)12-15-9-5-2-6-10-15/h1-10,16-18,21H,11-13H2,(H,23,24)/t16?,17-,18?/m0/s1. The molecule has 2 aromatic rings. The lowest BCUT2D eigenvalue weighted by Crippen LogP contribution is -2.44. The van der Waals surface area contributed by atoms with Crippen LogP contribution in [-0.4, -0.2) is 29.3 Å². The molecule has 25 heavy (non-hydrogen) atoms. The Morgan fingerprint density at radius 1 is 1.08 bits per heavy atom. The average Bonchev–Trinajstić information content (AvgIpc) is 2.96. The highest BCUT2D eigenvalue weighted by atomic mass is 16.6. The molecule has 1 saturated heterocycles. The molecule has 0 spiro atoms. The van der Waals surface area contributed by atoms with E-state index in [1.54, 1.807) is 0 Å². The molecule has 2 N–H and O–H groups in total. The van der Waals surface area contributed by atoms with Gasteiger partial charge in [-0.2, -0.15) is 0 Å². The molecule has 2 aromatic carbocycles. The Balaban J connectivity index is 1.69. The van der Waals surface area contributed by atoms with Gasteiger partial charge in [0.15, 0.2) is 0 Å². The molecule has 0 bridgehead atoms. The van der Waals surface area contributed by atoms with Crippen LogP contribution in [0, 0.1) is 5.92 Å². The molecule has 1 heterocycles. The van der Waals surface area contributed by atoms with E-state index in [2.05, 4.69) is 5.32 Å². The minimum atomic E-state index is -1.11. The van der Waals surface area contributed by atoms with E-state index in [0.29, 0.717) is 19.3 Å². The Bertz CT molecular complexity index is 717. The largest absolute Gasteiger partial charge is 0.465 e. The van der Waals surface area contributed by atoms with Gasteiger partial charge in [0.2, 0.25) is 0 Å². The van der Waals surface area contributed by atoms with Gasteiger partial charge >= 0.3 is 12.1 Å². The number of ether oxygens (including phenoxy) is 1. The van der Waals surface area contributed by atoms with Crippen LogP contribution < -0.4 is 5.32 Å². The van der Waals surface area contributed by atoms with Crippen molar-refractivity contribution in [1.82, 2.24) is 5.32 Å². The first-order valence-electron chi connectivity index (χ1n) is 8.39. The summed E-state index contributed by atoms with van der Waals surface area (Å²) < 4.78 is 5.52. The molecule has 3 rings (SSSR count). The van der Waals surface area contributed by atoms with Crippen molar-refractivity contribution in [2.75, 3.05) is 0 Å². The number of carbonyl (C=O) groups is 2. The number of carbonyl (C=O) groups excluding carboxylic acids is 1. The van der Waals surface area contributed by atoms with Crippen LogP contribution in [0.1, 0.15) is 17.5 Å². The lowest BCUT2D eigenvalue weighted by atomic mass is 9.92. The third-order valence-corrected chi connectivity index (χ3v) is 4.50. The predicted octanol–water partition coefficient (Wildman–Crippen LogP) is 3.04.